The maximum Gasteiger partial charge on any atom is 0.0781 e. The molecule has 0 amide bonds. The summed E-state index contributed by atoms with van der Waals surface area (Å²) in [6, 6.07) is 12.4. The predicted octanol–water partition coefficient (Wildman–Crippen LogP) is 2.73. The number of likely N-dealkylation sites (tertiary alicyclic amines) is 1. The second-order valence-corrected chi connectivity index (χ2v) is 7.76. The Morgan fingerprint density at radius 2 is 1.88 bits per heavy atom. The summed E-state index contributed by atoms with van der Waals surface area (Å²) < 4.78 is 7.75. The molecule has 0 spiro atoms. The lowest BCUT2D eigenvalue weighted by atomic mass is 9.77. The summed E-state index contributed by atoms with van der Waals surface area (Å²) in [4.78, 5) is 2.55. The molecule has 1 saturated carbocycles. The van der Waals surface area contributed by atoms with Gasteiger partial charge in [-0.15, -0.1) is 0 Å². The molecule has 1 N–H and O–H groups in total. The highest BCUT2D eigenvalue weighted by Gasteiger charge is 2.42. The topological polar surface area (TPSA) is 50.5 Å². The molecule has 1 saturated heterocycles. The van der Waals surface area contributed by atoms with Crippen molar-refractivity contribution in [3.8, 4) is 0 Å². The highest BCUT2D eigenvalue weighted by Crippen LogP contribution is 2.41. The predicted molar refractivity (Wildman–Crippen MR) is 101 cm³/mol. The van der Waals surface area contributed by atoms with Crippen molar-refractivity contribution in [1.82, 2.24) is 14.7 Å². The summed E-state index contributed by atoms with van der Waals surface area (Å²) in [7, 11) is 0. The zero-order chi connectivity index (χ0) is 17.8. The molecule has 0 radical (unpaired) electrons. The third-order valence-electron chi connectivity index (χ3n) is 5.92. The minimum Gasteiger partial charge on any atom is -0.391 e. The van der Waals surface area contributed by atoms with Gasteiger partial charge in [-0.3, -0.25) is 4.68 Å². The van der Waals surface area contributed by atoms with Gasteiger partial charge in [0.25, 0.3) is 0 Å². The highest BCUT2D eigenvalue weighted by atomic mass is 16.5. The van der Waals surface area contributed by atoms with Crippen LogP contribution in [0.15, 0.2) is 48.8 Å². The maximum atomic E-state index is 10.5. The molecule has 4 rings (SSSR count). The molecule has 1 aliphatic carbocycles. The summed E-state index contributed by atoms with van der Waals surface area (Å²) >= 11 is 0. The van der Waals surface area contributed by atoms with E-state index in [1.54, 1.807) is 6.20 Å². The first-order chi connectivity index (χ1) is 12.8. The number of benzene rings is 1. The van der Waals surface area contributed by atoms with Crippen LogP contribution in [0.4, 0.5) is 0 Å². The number of aliphatic hydroxyl groups is 1. The van der Waals surface area contributed by atoms with Crippen molar-refractivity contribution < 1.29 is 9.84 Å². The van der Waals surface area contributed by atoms with Crippen LogP contribution in [0.5, 0.6) is 0 Å². The number of hydrogen-bond acceptors (Lipinski definition) is 4. The summed E-state index contributed by atoms with van der Waals surface area (Å²) in [6.07, 6.45) is 6.51. The fourth-order valence-electron chi connectivity index (χ4n) is 4.60. The van der Waals surface area contributed by atoms with Crippen LogP contribution in [0.3, 0.4) is 0 Å². The van der Waals surface area contributed by atoms with Gasteiger partial charge >= 0.3 is 0 Å². The third kappa shape index (κ3) is 4.17. The minimum atomic E-state index is -0.273. The molecule has 2 fully saturated rings. The molecule has 5 nitrogen and oxygen atoms in total. The number of rotatable bonds is 7. The van der Waals surface area contributed by atoms with Crippen LogP contribution in [0.1, 0.15) is 30.9 Å². The van der Waals surface area contributed by atoms with E-state index in [1.807, 2.05) is 23.0 Å². The van der Waals surface area contributed by atoms with Crippen LogP contribution in [0.2, 0.25) is 0 Å². The molecule has 5 heteroatoms. The molecular formula is C21H29N3O2. The number of hydrogen-bond donors (Lipinski definition) is 1. The van der Waals surface area contributed by atoms with E-state index in [1.165, 1.54) is 5.56 Å². The molecule has 1 aromatic carbocycles. The van der Waals surface area contributed by atoms with Gasteiger partial charge in [0.05, 0.1) is 18.8 Å². The number of fused-ring (bicyclic) bond motifs is 1. The van der Waals surface area contributed by atoms with Crippen LogP contribution in [0.25, 0.3) is 0 Å². The first-order valence-electron chi connectivity index (χ1n) is 9.81. The van der Waals surface area contributed by atoms with Gasteiger partial charge in [0.1, 0.15) is 0 Å². The van der Waals surface area contributed by atoms with E-state index in [2.05, 4.69) is 34.3 Å². The van der Waals surface area contributed by atoms with Crippen molar-refractivity contribution in [3.63, 3.8) is 0 Å². The van der Waals surface area contributed by atoms with Gasteiger partial charge in [0, 0.05) is 38.6 Å². The number of ether oxygens (including phenoxy) is 1. The Morgan fingerprint density at radius 3 is 2.65 bits per heavy atom. The van der Waals surface area contributed by atoms with Crippen molar-refractivity contribution in [3.05, 3.63) is 54.4 Å². The van der Waals surface area contributed by atoms with E-state index in [0.29, 0.717) is 18.4 Å². The SMILES string of the molecule is O[C@@H]1C[C@H]2CN(CCCOCc3ccccc3)C[C@H]2C[C@H]1n1cccn1. The molecule has 2 heterocycles. The summed E-state index contributed by atoms with van der Waals surface area (Å²) in [5.74, 6) is 1.31. The fraction of sp³-hybridized carbons (Fsp3) is 0.571. The molecule has 0 unspecified atom stereocenters. The molecule has 26 heavy (non-hydrogen) atoms. The van der Waals surface area contributed by atoms with Crippen LogP contribution in [-0.4, -0.2) is 52.1 Å². The van der Waals surface area contributed by atoms with Crippen LogP contribution < -0.4 is 0 Å². The van der Waals surface area contributed by atoms with Gasteiger partial charge in [0.15, 0.2) is 0 Å². The quantitative estimate of drug-likeness (QED) is 0.776. The average molecular weight is 355 g/mol. The Labute approximate surface area is 155 Å². The monoisotopic (exact) mass is 355 g/mol. The van der Waals surface area contributed by atoms with Crippen molar-refractivity contribution >= 4 is 0 Å². The lowest BCUT2D eigenvalue weighted by Gasteiger charge is -2.35. The Bertz CT molecular complexity index is 661. The first kappa shape index (κ1) is 17.7. The van der Waals surface area contributed by atoms with Crippen molar-refractivity contribution in [2.75, 3.05) is 26.2 Å². The van der Waals surface area contributed by atoms with Gasteiger partial charge in [-0.05, 0) is 42.7 Å². The maximum absolute atomic E-state index is 10.5. The summed E-state index contributed by atoms with van der Waals surface area (Å²) in [5, 5.41) is 14.9. The lowest BCUT2D eigenvalue weighted by Crippen LogP contribution is -2.36. The molecule has 4 atom stereocenters. The van der Waals surface area contributed by atoms with Crippen molar-refractivity contribution in [2.24, 2.45) is 11.8 Å². The van der Waals surface area contributed by atoms with Gasteiger partial charge in [-0.25, -0.2) is 0 Å². The number of nitrogens with zero attached hydrogens (tertiary/aromatic N) is 3. The summed E-state index contributed by atoms with van der Waals surface area (Å²) in [5.41, 5.74) is 1.23. The molecule has 1 aliphatic heterocycles. The van der Waals surface area contributed by atoms with E-state index in [9.17, 15) is 5.11 Å². The molecule has 2 aliphatic rings. The molecule has 140 valence electrons. The van der Waals surface area contributed by atoms with Crippen molar-refractivity contribution in [1.29, 1.82) is 0 Å². The highest BCUT2D eigenvalue weighted by molar-refractivity contribution is 5.13. The van der Waals surface area contributed by atoms with Crippen LogP contribution in [-0.2, 0) is 11.3 Å². The van der Waals surface area contributed by atoms with E-state index in [0.717, 1.165) is 45.5 Å². The van der Waals surface area contributed by atoms with Gasteiger partial charge < -0.3 is 14.7 Å². The van der Waals surface area contributed by atoms with Crippen LogP contribution >= 0.6 is 0 Å². The first-order valence-corrected chi connectivity index (χ1v) is 9.81. The zero-order valence-electron chi connectivity index (χ0n) is 15.3. The van der Waals surface area contributed by atoms with E-state index < -0.39 is 0 Å². The minimum absolute atomic E-state index is 0.139. The van der Waals surface area contributed by atoms with Crippen molar-refractivity contribution in [2.45, 2.75) is 38.0 Å². The van der Waals surface area contributed by atoms with E-state index in [4.69, 9.17) is 4.74 Å². The third-order valence-corrected chi connectivity index (χ3v) is 5.92. The lowest BCUT2D eigenvalue weighted by molar-refractivity contribution is 0.0306. The fourth-order valence-corrected chi connectivity index (χ4v) is 4.60. The number of aromatic nitrogens is 2. The zero-order valence-corrected chi connectivity index (χ0v) is 15.3. The van der Waals surface area contributed by atoms with Gasteiger partial charge in [0.2, 0.25) is 0 Å². The van der Waals surface area contributed by atoms with Gasteiger partial charge in [-0.1, -0.05) is 30.3 Å². The Morgan fingerprint density at radius 1 is 1.08 bits per heavy atom. The van der Waals surface area contributed by atoms with Crippen LogP contribution in [0, 0.1) is 11.8 Å². The second-order valence-electron chi connectivity index (χ2n) is 7.76. The Balaban J connectivity index is 1.19. The molecule has 0 bridgehead atoms. The molecular weight excluding hydrogens is 326 g/mol. The second kappa shape index (κ2) is 8.33. The molecule has 2 aromatic rings. The van der Waals surface area contributed by atoms with E-state index >= 15 is 0 Å². The largest absolute Gasteiger partial charge is 0.391 e. The van der Waals surface area contributed by atoms with Gasteiger partial charge in [-0.2, -0.15) is 5.10 Å². The smallest absolute Gasteiger partial charge is 0.0781 e. The summed E-state index contributed by atoms with van der Waals surface area (Å²) in [6.45, 7) is 4.85. The normalized spacial score (nSPS) is 29.0. The standard InChI is InChI=1S/C21H29N3O2/c25-21-13-19-15-23(9-5-11-26-16-17-6-2-1-3-7-17)14-18(19)12-20(21)24-10-4-8-22-24/h1-4,6-8,10,18-21,25H,5,9,11-16H2/t18-,19+,20-,21-/m1/s1. The van der Waals surface area contributed by atoms with E-state index in [-0.39, 0.29) is 12.1 Å². The Hall–Kier alpha value is -1.69. The Kier molecular flexibility index (Phi) is 5.68. The number of aliphatic hydroxyl groups excluding tert-OH is 1. The molecule has 1 aromatic heterocycles. The average Bonchev–Trinajstić information content (AvgIpc) is 3.31.